The molecule has 3 aromatic carbocycles. The molecule has 1 N–H and O–H groups in total. The van der Waals surface area contributed by atoms with Gasteiger partial charge in [0.15, 0.2) is 0 Å². The lowest BCUT2D eigenvalue weighted by Crippen LogP contribution is -2.52. The van der Waals surface area contributed by atoms with Gasteiger partial charge in [-0.1, -0.05) is 80.9 Å². The minimum atomic E-state index is -4.14. The van der Waals surface area contributed by atoms with Crippen molar-refractivity contribution in [2.24, 2.45) is 5.92 Å². The lowest BCUT2D eigenvalue weighted by atomic mass is 10.1. The summed E-state index contributed by atoms with van der Waals surface area (Å²) in [5.74, 6) is -0.504. The molecule has 2 amide bonds. The Morgan fingerprint density at radius 2 is 1.54 bits per heavy atom. The molecular weight excluding hydrogens is 534 g/mol. The second-order valence-electron chi connectivity index (χ2n) is 9.82. The Kier molecular flexibility index (Phi) is 10.5. The van der Waals surface area contributed by atoms with Gasteiger partial charge < -0.3 is 10.2 Å². The number of halogens is 1. The van der Waals surface area contributed by atoms with Crippen LogP contribution in [0.2, 0.25) is 5.02 Å². The first-order valence-electron chi connectivity index (χ1n) is 13.0. The maximum Gasteiger partial charge on any atom is 0.264 e. The fourth-order valence-corrected chi connectivity index (χ4v) is 5.82. The molecule has 9 heteroatoms. The molecule has 0 spiro atoms. The van der Waals surface area contributed by atoms with Crippen LogP contribution in [0.3, 0.4) is 0 Å². The van der Waals surface area contributed by atoms with Crippen LogP contribution in [0.15, 0.2) is 83.8 Å². The van der Waals surface area contributed by atoms with Crippen molar-refractivity contribution in [3.8, 4) is 0 Å². The van der Waals surface area contributed by atoms with Crippen molar-refractivity contribution in [1.82, 2.24) is 10.2 Å². The zero-order valence-corrected chi connectivity index (χ0v) is 24.4. The summed E-state index contributed by atoms with van der Waals surface area (Å²) in [6, 6.07) is 21.4. The van der Waals surface area contributed by atoms with E-state index in [1.54, 1.807) is 25.1 Å². The average molecular weight is 570 g/mol. The summed E-state index contributed by atoms with van der Waals surface area (Å²) in [5, 5.41) is 3.34. The lowest BCUT2D eigenvalue weighted by molar-refractivity contribution is -0.140. The summed E-state index contributed by atoms with van der Waals surface area (Å²) < 4.78 is 28.9. The molecule has 0 saturated carbocycles. The highest BCUT2D eigenvalue weighted by atomic mass is 35.5. The maximum absolute atomic E-state index is 14.0. The number of para-hydroxylation sites is 1. The number of anilines is 1. The molecule has 0 aromatic heterocycles. The molecule has 0 fully saturated rings. The third kappa shape index (κ3) is 7.83. The molecule has 3 rings (SSSR count). The summed E-state index contributed by atoms with van der Waals surface area (Å²) >= 11 is 6.00. The molecule has 0 aliphatic rings. The third-order valence-corrected chi connectivity index (χ3v) is 8.36. The van der Waals surface area contributed by atoms with Crippen molar-refractivity contribution in [1.29, 1.82) is 0 Å². The molecule has 0 heterocycles. The zero-order chi connectivity index (χ0) is 28.6. The van der Waals surface area contributed by atoms with Crippen LogP contribution in [0.1, 0.15) is 38.3 Å². The van der Waals surface area contributed by atoms with Crippen LogP contribution in [0.5, 0.6) is 0 Å². The van der Waals surface area contributed by atoms with Gasteiger partial charge in [0.2, 0.25) is 11.8 Å². The number of hydrogen-bond acceptors (Lipinski definition) is 4. The number of carbonyl (C=O) groups is 2. The van der Waals surface area contributed by atoms with Crippen molar-refractivity contribution >= 4 is 39.1 Å². The van der Waals surface area contributed by atoms with Crippen molar-refractivity contribution in [2.75, 3.05) is 17.4 Å². The van der Waals surface area contributed by atoms with E-state index < -0.39 is 28.5 Å². The van der Waals surface area contributed by atoms with E-state index in [9.17, 15) is 18.0 Å². The van der Waals surface area contributed by atoms with Crippen LogP contribution in [0, 0.1) is 12.8 Å². The van der Waals surface area contributed by atoms with Gasteiger partial charge in [-0.2, -0.15) is 0 Å². The zero-order valence-electron chi connectivity index (χ0n) is 22.8. The summed E-state index contributed by atoms with van der Waals surface area (Å²) in [7, 11) is -4.14. The number of aryl methyl sites for hydroxylation is 1. The van der Waals surface area contributed by atoms with Crippen LogP contribution >= 0.6 is 11.6 Å². The van der Waals surface area contributed by atoms with E-state index >= 15 is 0 Å². The summed E-state index contributed by atoms with van der Waals surface area (Å²) in [5.41, 5.74) is 1.92. The number of amides is 2. The quantitative estimate of drug-likeness (QED) is 0.315. The Morgan fingerprint density at radius 3 is 2.13 bits per heavy atom. The minimum Gasteiger partial charge on any atom is -0.354 e. The summed E-state index contributed by atoms with van der Waals surface area (Å²) in [6.07, 6.45) is 0.372. The molecule has 3 aromatic rings. The average Bonchev–Trinajstić information content (AvgIpc) is 2.91. The number of benzene rings is 3. The third-order valence-electron chi connectivity index (χ3n) is 6.33. The molecule has 1 atom stereocenters. The Balaban J connectivity index is 2.04. The highest BCUT2D eigenvalue weighted by Crippen LogP contribution is 2.28. The molecule has 0 aliphatic carbocycles. The fraction of sp³-hybridized carbons (Fsp3) is 0.333. The van der Waals surface area contributed by atoms with E-state index in [2.05, 4.69) is 5.32 Å². The molecule has 0 saturated heterocycles. The number of nitrogens with one attached hydrogen (secondary N) is 1. The first-order valence-corrected chi connectivity index (χ1v) is 14.8. The molecule has 0 unspecified atom stereocenters. The van der Waals surface area contributed by atoms with Crippen LogP contribution in [0.25, 0.3) is 0 Å². The molecule has 0 bridgehead atoms. The van der Waals surface area contributed by atoms with Gasteiger partial charge in [-0.15, -0.1) is 0 Å². The Bertz CT molecular complexity index is 1360. The van der Waals surface area contributed by atoms with Gasteiger partial charge in [0.25, 0.3) is 10.0 Å². The SMILES string of the molecule is CC[C@H](C(=O)NCC(C)C)N(Cc1ccccc1)C(=O)CN(c1ccccc1C)S(=O)(=O)c1ccc(Cl)cc1. The van der Waals surface area contributed by atoms with E-state index in [0.29, 0.717) is 29.2 Å². The highest BCUT2D eigenvalue weighted by molar-refractivity contribution is 7.92. The van der Waals surface area contributed by atoms with Crippen molar-refractivity contribution < 1.29 is 18.0 Å². The molecule has 39 heavy (non-hydrogen) atoms. The normalized spacial score (nSPS) is 12.2. The predicted octanol–water partition coefficient (Wildman–Crippen LogP) is 5.42. The van der Waals surface area contributed by atoms with Gasteiger partial charge in [0.05, 0.1) is 10.6 Å². The second kappa shape index (κ2) is 13.6. The van der Waals surface area contributed by atoms with Gasteiger partial charge in [0.1, 0.15) is 12.6 Å². The maximum atomic E-state index is 14.0. The van der Waals surface area contributed by atoms with E-state index in [1.165, 1.54) is 29.2 Å². The fourth-order valence-electron chi connectivity index (χ4n) is 4.21. The lowest BCUT2D eigenvalue weighted by Gasteiger charge is -2.33. The number of sulfonamides is 1. The van der Waals surface area contributed by atoms with E-state index in [0.717, 1.165) is 9.87 Å². The van der Waals surface area contributed by atoms with Crippen LogP contribution < -0.4 is 9.62 Å². The molecule has 7 nitrogen and oxygen atoms in total. The van der Waals surface area contributed by atoms with E-state index in [4.69, 9.17) is 11.6 Å². The van der Waals surface area contributed by atoms with Crippen molar-refractivity contribution in [3.63, 3.8) is 0 Å². The second-order valence-corrected chi connectivity index (χ2v) is 12.1. The van der Waals surface area contributed by atoms with E-state index in [-0.39, 0.29) is 23.3 Å². The molecular formula is C30H36ClN3O4S. The number of carbonyl (C=O) groups excluding carboxylic acids is 2. The van der Waals surface area contributed by atoms with Gasteiger partial charge in [-0.25, -0.2) is 8.42 Å². The topological polar surface area (TPSA) is 86.8 Å². The number of hydrogen-bond donors (Lipinski definition) is 1. The molecule has 0 aliphatic heterocycles. The van der Waals surface area contributed by atoms with Crippen LogP contribution in [-0.2, 0) is 26.2 Å². The standard InChI is InChI=1S/C30H36ClN3O4S/c1-5-27(30(36)32-19-22(2)3)33(20-24-12-7-6-8-13-24)29(35)21-34(28-14-10-9-11-23(28)4)39(37,38)26-17-15-25(31)16-18-26/h6-18,22,27H,5,19-21H2,1-4H3,(H,32,36)/t27-/m1/s1. The molecule has 208 valence electrons. The highest BCUT2D eigenvalue weighted by Gasteiger charge is 2.34. The van der Waals surface area contributed by atoms with Gasteiger partial charge >= 0.3 is 0 Å². The van der Waals surface area contributed by atoms with E-state index in [1.807, 2.05) is 57.2 Å². The summed E-state index contributed by atoms with van der Waals surface area (Å²) in [4.78, 5) is 28.8. The Morgan fingerprint density at radius 1 is 0.923 bits per heavy atom. The predicted molar refractivity (Wildman–Crippen MR) is 156 cm³/mol. The first-order chi connectivity index (χ1) is 18.5. The molecule has 0 radical (unpaired) electrons. The van der Waals surface area contributed by atoms with Crippen LogP contribution in [0.4, 0.5) is 5.69 Å². The smallest absolute Gasteiger partial charge is 0.264 e. The Labute approximate surface area is 236 Å². The monoisotopic (exact) mass is 569 g/mol. The summed E-state index contributed by atoms with van der Waals surface area (Å²) in [6.45, 7) is 7.79. The Hall–Kier alpha value is -3.36. The van der Waals surface area contributed by atoms with Crippen LogP contribution in [-0.4, -0.2) is 44.3 Å². The number of rotatable bonds is 12. The van der Waals surface area contributed by atoms with Gasteiger partial charge in [0, 0.05) is 18.1 Å². The first kappa shape index (κ1) is 30.2. The number of nitrogens with zero attached hydrogens (tertiary/aromatic N) is 2. The van der Waals surface area contributed by atoms with Gasteiger partial charge in [-0.05, 0) is 60.7 Å². The minimum absolute atomic E-state index is 0.0132. The van der Waals surface area contributed by atoms with Crippen molar-refractivity contribution in [3.05, 3.63) is 95.0 Å². The van der Waals surface area contributed by atoms with Crippen molar-refractivity contribution in [2.45, 2.75) is 51.6 Å². The largest absolute Gasteiger partial charge is 0.354 e. The van der Waals surface area contributed by atoms with Gasteiger partial charge in [-0.3, -0.25) is 13.9 Å².